The number of hydrogen-bond acceptors (Lipinski definition) is 7. The van der Waals surface area contributed by atoms with Gasteiger partial charge in [0.25, 0.3) is 0 Å². The van der Waals surface area contributed by atoms with Gasteiger partial charge in [0.1, 0.15) is 22.6 Å². The second kappa shape index (κ2) is 13.9. The van der Waals surface area contributed by atoms with Crippen LogP contribution in [-0.4, -0.2) is 50.1 Å². The minimum atomic E-state index is -4.60. The number of halogens is 4. The van der Waals surface area contributed by atoms with Crippen LogP contribution in [0.25, 0.3) is 6.08 Å². The van der Waals surface area contributed by atoms with Gasteiger partial charge in [-0.25, -0.2) is 9.78 Å². The molecule has 0 aliphatic carbocycles. The van der Waals surface area contributed by atoms with Crippen LogP contribution in [-0.2, 0) is 25.2 Å². The second-order valence-corrected chi connectivity index (χ2v) is 7.36. The van der Waals surface area contributed by atoms with Crippen LogP contribution in [0.4, 0.5) is 13.2 Å². The Morgan fingerprint density at radius 3 is 2.34 bits per heavy atom. The van der Waals surface area contributed by atoms with Crippen molar-refractivity contribution in [1.82, 2.24) is 4.98 Å². The fraction of sp³-hybridized carbons (Fsp3) is 0.417. The molecule has 0 amide bonds. The van der Waals surface area contributed by atoms with Crippen LogP contribution in [0.15, 0.2) is 36.5 Å². The van der Waals surface area contributed by atoms with Crippen molar-refractivity contribution in [3.05, 3.63) is 52.7 Å². The molecule has 0 aliphatic rings. The third-order valence-corrected chi connectivity index (χ3v) is 4.60. The lowest BCUT2D eigenvalue weighted by Crippen LogP contribution is -2.28. The average Bonchev–Trinajstić information content (AvgIpc) is 2.81. The van der Waals surface area contributed by atoms with E-state index in [2.05, 4.69) is 4.98 Å². The summed E-state index contributed by atoms with van der Waals surface area (Å²) in [5.74, 6) is -0.301. The highest BCUT2D eigenvalue weighted by Crippen LogP contribution is 2.36. The molecular weight excluding hydrogens is 491 g/mol. The lowest BCUT2D eigenvalue weighted by molar-refractivity contribution is -0.138. The summed E-state index contributed by atoms with van der Waals surface area (Å²) in [4.78, 5) is 15.4. The average molecular weight is 518 g/mol. The molecule has 2 aromatic rings. The van der Waals surface area contributed by atoms with Gasteiger partial charge >= 0.3 is 12.1 Å². The van der Waals surface area contributed by atoms with E-state index in [1.807, 2.05) is 13.8 Å². The summed E-state index contributed by atoms with van der Waals surface area (Å²) in [6, 6.07) is 5.48. The van der Waals surface area contributed by atoms with E-state index in [1.165, 1.54) is 18.2 Å². The molecule has 0 saturated heterocycles. The Morgan fingerprint density at radius 2 is 1.77 bits per heavy atom. The summed E-state index contributed by atoms with van der Waals surface area (Å²) in [6.07, 6.45) is -1.77. The maximum absolute atomic E-state index is 13.0. The number of rotatable bonds is 13. The number of alkyl halides is 3. The van der Waals surface area contributed by atoms with Crippen LogP contribution >= 0.6 is 11.6 Å². The molecule has 0 spiro atoms. The van der Waals surface area contributed by atoms with Crippen LogP contribution in [0.5, 0.6) is 17.4 Å². The number of carbonyl (C=O) groups excluding carboxylic acids is 1. The molecule has 192 valence electrons. The van der Waals surface area contributed by atoms with Gasteiger partial charge in [-0.3, -0.25) is 0 Å². The van der Waals surface area contributed by atoms with Crippen LogP contribution in [0, 0.1) is 0 Å². The predicted octanol–water partition coefficient (Wildman–Crippen LogP) is 5.94. The Hall–Kier alpha value is -2.82. The highest BCUT2D eigenvalue weighted by molar-refractivity contribution is 6.31. The normalized spacial score (nSPS) is 11.8. The topological polar surface area (TPSA) is 76.1 Å². The molecule has 2 rings (SSSR count). The molecule has 0 saturated carbocycles. The second-order valence-electron chi connectivity index (χ2n) is 6.95. The number of nitrogens with zero attached hydrogens (tertiary/aromatic N) is 1. The van der Waals surface area contributed by atoms with Gasteiger partial charge in [0.05, 0.1) is 25.4 Å². The lowest BCUT2D eigenvalue weighted by Gasteiger charge is -2.20. The van der Waals surface area contributed by atoms with Crippen molar-refractivity contribution in [2.24, 2.45) is 0 Å². The zero-order chi connectivity index (χ0) is 25.8. The van der Waals surface area contributed by atoms with Gasteiger partial charge in [0.15, 0.2) is 0 Å². The molecule has 1 aromatic carbocycles. The highest BCUT2D eigenvalue weighted by atomic mass is 35.5. The highest BCUT2D eigenvalue weighted by Gasteiger charge is 2.32. The summed E-state index contributed by atoms with van der Waals surface area (Å²) >= 11 is 6.00. The standard InChI is InChI=1S/C24H27ClF3NO6/c1-4-31-14-19(15-32-5-2)34-18-9-7-16(8-10-22(30)33-6-3)21(12-18)35-23-20(25)11-17(13-29-23)24(26,27)28/h7-13,19H,4-6,14-15H2,1-3H3. The molecule has 1 aromatic heterocycles. The van der Waals surface area contributed by atoms with E-state index in [4.69, 9.17) is 35.3 Å². The zero-order valence-corrected chi connectivity index (χ0v) is 20.3. The van der Waals surface area contributed by atoms with Crippen LogP contribution in [0.3, 0.4) is 0 Å². The maximum Gasteiger partial charge on any atom is 0.417 e. The first-order chi connectivity index (χ1) is 16.7. The first kappa shape index (κ1) is 28.4. The molecule has 7 nitrogen and oxygen atoms in total. The van der Waals surface area contributed by atoms with Crippen molar-refractivity contribution in [3.8, 4) is 17.4 Å². The Bertz CT molecular complexity index is 992. The monoisotopic (exact) mass is 517 g/mol. The first-order valence-corrected chi connectivity index (χ1v) is 11.3. The summed E-state index contributed by atoms with van der Waals surface area (Å²) in [5.41, 5.74) is -0.599. The van der Waals surface area contributed by atoms with E-state index in [0.29, 0.717) is 30.7 Å². The zero-order valence-electron chi connectivity index (χ0n) is 19.6. The van der Waals surface area contributed by atoms with Crippen molar-refractivity contribution in [1.29, 1.82) is 0 Å². The molecule has 0 unspecified atom stereocenters. The van der Waals surface area contributed by atoms with E-state index in [1.54, 1.807) is 19.1 Å². The maximum atomic E-state index is 13.0. The van der Waals surface area contributed by atoms with Gasteiger partial charge in [-0.2, -0.15) is 13.2 Å². The quantitative estimate of drug-likeness (QED) is 0.240. The van der Waals surface area contributed by atoms with Crippen molar-refractivity contribution >= 4 is 23.6 Å². The van der Waals surface area contributed by atoms with Crippen molar-refractivity contribution < 1.29 is 41.7 Å². The fourth-order valence-corrected chi connectivity index (χ4v) is 2.93. The number of pyridine rings is 1. The largest absolute Gasteiger partial charge is 0.485 e. The van der Waals surface area contributed by atoms with E-state index in [9.17, 15) is 18.0 Å². The lowest BCUT2D eigenvalue weighted by atomic mass is 10.1. The Labute approximate surface area is 206 Å². The van der Waals surface area contributed by atoms with Gasteiger partial charge in [0, 0.05) is 37.1 Å². The SMILES string of the molecule is CCOCC(COCC)Oc1ccc(C=CC(=O)OCC)c(Oc2ncc(C(F)(F)F)cc2Cl)c1. The van der Waals surface area contributed by atoms with Crippen LogP contribution < -0.4 is 9.47 Å². The number of carbonyl (C=O) groups is 1. The molecule has 0 N–H and O–H groups in total. The predicted molar refractivity (Wildman–Crippen MR) is 124 cm³/mol. The van der Waals surface area contributed by atoms with Gasteiger partial charge in [0.2, 0.25) is 5.88 Å². The third-order valence-electron chi connectivity index (χ3n) is 4.33. The van der Waals surface area contributed by atoms with Crippen molar-refractivity contribution in [2.45, 2.75) is 33.1 Å². The van der Waals surface area contributed by atoms with Gasteiger partial charge < -0.3 is 23.7 Å². The summed E-state index contributed by atoms with van der Waals surface area (Å²) in [5, 5.41) is -0.336. The van der Waals surface area contributed by atoms with E-state index in [-0.39, 0.29) is 36.5 Å². The number of benzene rings is 1. The van der Waals surface area contributed by atoms with Crippen molar-refractivity contribution in [2.75, 3.05) is 33.0 Å². The fourth-order valence-electron chi connectivity index (χ4n) is 2.73. The Kier molecular flexibility index (Phi) is 11.3. The molecule has 0 radical (unpaired) electrons. The summed E-state index contributed by atoms with van der Waals surface area (Å²) < 4.78 is 66.3. The minimum Gasteiger partial charge on any atom is -0.485 e. The van der Waals surface area contributed by atoms with Gasteiger partial charge in [-0.15, -0.1) is 0 Å². The number of aromatic nitrogens is 1. The summed E-state index contributed by atoms with van der Waals surface area (Å²) in [6.45, 7) is 7.14. The Morgan fingerprint density at radius 1 is 1.09 bits per heavy atom. The Balaban J connectivity index is 2.37. The summed E-state index contributed by atoms with van der Waals surface area (Å²) in [7, 11) is 0. The van der Waals surface area contributed by atoms with Gasteiger partial charge in [-0.1, -0.05) is 11.6 Å². The smallest absolute Gasteiger partial charge is 0.417 e. The van der Waals surface area contributed by atoms with E-state index >= 15 is 0 Å². The number of esters is 1. The number of ether oxygens (including phenoxy) is 5. The minimum absolute atomic E-state index is 0.142. The molecule has 1 heterocycles. The van der Waals surface area contributed by atoms with Crippen molar-refractivity contribution in [3.63, 3.8) is 0 Å². The third kappa shape index (κ3) is 9.39. The first-order valence-electron chi connectivity index (χ1n) is 10.9. The molecule has 0 atom stereocenters. The van der Waals surface area contributed by atoms with Crippen LogP contribution in [0.2, 0.25) is 5.02 Å². The van der Waals surface area contributed by atoms with Gasteiger partial charge in [-0.05, 0) is 45.0 Å². The van der Waals surface area contributed by atoms with Crippen LogP contribution in [0.1, 0.15) is 31.9 Å². The molecule has 0 aliphatic heterocycles. The molecular formula is C24H27ClF3NO6. The number of hydrogen-bond donors (Lipinski definition) is 0. The molecule has 11 heteroatoms. The molecule has 35 heavy (non-hydrogen) atoms. The van der Waals surface area contributed by atoms with E-state index in [0.717, 1.165) is 6.07 Å². The van der Waals surface area contributed by atoms with E-state index < -0.39 is 23.8 Å². The molecule has 0 fully saturated rings. The molecule has 0 bridgehead atoms.